The first-order chi connectivity index (χ1) is 9.63. The number of methoxy groups -OCH3 is 1. The molecule has 2 amide bonds. The summed E-state index contributed by atoms with van der Waals surface area (Å²) in [5.41, 5.74) is 0.928. The summed E-state index contributed by atoms with van der Waals surface area (Å²) in [6.07, 6.45) is 1.49. The molecule has 5 nitrogen and oxygen atoms in total. The number of ether oxygens (including phenoxy) is 1. The number of imide groups is 1. The van der Waals surface area contributed by atoms with Crippen molar-refractivity contribution in [3.8, 4) is 5.75 Å². The Morgan fingerprint density at radius 1 is 1.20 bits per heavy atom. The molecular formula is C14H9BrN2O3. The zero-order chi connectivity index (χ0) is 14.3. The van der Waals surface area contributed by atoms with Crippen LogP contribution in [0.3, 0.4) is 0 Å². The van der Waals surface area contributed by atoms with Crippen molar-refractivity contribution in [2.45, 2.75) is 0 Å². The highest BCUT2D eigenvalue weighted by molar-refractivity contribution is 9.10. The van der Waals surface area contributed by atoms with Crippen molar-refractivity contribution in [2.75, 3.05) is 12.0 Å². The van der Waals surface area contributed by atoms with Crippen molar-refractivity contribution < 1.29 is 14.3 Å². The highest BCUT2D eigenvalue weighted by atomic mass is 79.9. The van der Waals surface area contributed by atoms with Gasteiger partial charge in [0, 0.05) is 16.7 Å². The third kappa shape index (κ3) is 1.80. The fourth-order valence-electron chi connectivity index (χ4n) is 2.08. The summed E-state index contributed by atoms with van der Waals surface area (Å²) in [5, 5.41) is 0. The van der Waals surface area contributed by atoms with Gasteiger partial charge in [0.1, 0.15) is 11.4 Å². The zero-order valence-corrected chi connectivity index (χ0v) is 12.0. The summed E-state index contributed by atoms with van der Waals surface area (Å²) >= 11 is 3.35. The number of amides is 2. The van der Waals surface area contributed by atoms with Gasteiger partial charge in [0.15, 0.2) is 0 Å². The maximum absolute atomic E-state index is 12.4. The first kappa shape index (κ1) is 12.8. The van der Waals surface area contributed by atoms with Gasteiger partial charge in [-0.25, -0.2) is 4.90 Å². The van der Waals surface area contributed by atoms with E-state index in [4.69, 9.17) is 4.74 Å². The molecule has 1 aliphatic heterocycles. The van der Waals surface area contributed by atoms with Crippen molar-refractivity contribution >= 4 is 33.4 Å². The van der Waals surface area contributed by atoms with E-state index in [0.717, 1.165) is 4.90 Å². The summed E-state index contributed by atoms with van der Waals surface area (Å²) in [4.78, 5) is 29.8. The molecule has 2 heterocycles. The van der Waals surface area contributed by atoms with Crippen molar-refractivity contribution in [1.82, 2.24) is 4.98 Å². The van der Waals surface area contributed by atoms with Crippen molar-refractivity contribution in [2.24, 2.45) is 0 Å². The molecule has 3 rings (SSSR count). The van der Waals surface area contributed by atoms with Gasteiger partial charge in [0.25, 0.3) is 11.8 Å². The molecule has 1 aromatic heterocycles. The summed E-state index contributed by atoms with van der Waals surface area (Å²) in [6.45, 7) is 0. The number of nitrogens with zero attached hydrogens (tertiary/aromatic N) is 2. The number of fused-ring (bicyclic) bond motifs is 1. The van der Waals surface area contributed by atoms with Gasteiger partial charge in [-0.1, -0.05) is 0 Å². The smallest absolute Gasteiger partial charge is 0.284 e. The Bertz CT molecular complexity index is 695. The molecule has 0 radical (unpaired) electrons. The molecule has 1 aliphatic rings. The lowest BCUT2D eigenvalue weighted by Crippen LogP contribution is -2.29. The molecule has 20 heavy (non-hydrogen) atoms. The Hall–Kier alpha value is -2.21. The maximum Gasteiger partial charge on any atom is 0.284 e. The third-order valence-corrected chi connectivity index (χ3v) is 3.71. The molecule has 0 aliphatic carbocycles. The summed E-state index contributed by atoms with van der Waals surface area (Å²) < 4.78 is 5.76. The molecule has 0 unspecified atom stereocenters. The SMILES string of the molecule is COc1ccc(Br)c(N2C(=O)c3cccnc3C2=O)c1. The van der Waals surface area contributed by atoms with Crippen LogP contribution in [0.15, 0.2) is 41.0 Å². The quantitative estimate of drug-likeness (QED) is 0.793. The number of hydrogen-bond donors (Lipinski definition) is 0. The molecule has 0 saturated heterocycles. The molecule has 100 valence electrons. The van der Waals surface area contributed by atoms with Gasteiger partial charge in [-0.15, -0.1) is 0 Å². The molecule has 2 aromatic rings. The Kier molecular flexibility index (Phi) is 3.02. The first-order valence-corrected chi connectivity index (χ1v) is 6.60. The second kappa shape index (κ2) is 4.72. The number of benzene rings is 1. The van der Waals surface area contributed by atoms with E-state index in [0.29, 0.717) is 21.5 Å². The molecular weight excluding hydrogens is 324 g/mol. The monoisotopic (exact) mass is 332 g/mol. The minimum atomic E-state index is -0.431. The largest absolute Gasteiger partial charge is 0.497 e. The highest BCUT2D eigenvalue weighted by Crippen LogP contribution is 2.35. The van der Waals surface area contributed by atoms with Crippen LogP contribution in [0.2, 0.25) is 0 Å². The lowest BCUT2D eigenvalue weighted by Gasteiger charge is -2.16. The topological polar surface area (TPSA) is 59.5 Å². The summed E-state index contributed by atoms with van der Waals surface area (Å²) in [5.74, 6) is -0.251. The molecule has 6 heteroatoms. The van der Waals surface area contributed by atoms with E-state index in [9.17, 15) is 9.59 Å². The van der Waals surface area contributed by atoms with Gasteiger partial charge in [0.2, 0.25) is 0 Å². The number of rotatable bonds is 2. The van der Waals surface area contributed by atoms with Gasteiger partial charge in [-0.3, -0.25) is 14.6 Å². The van der Waals surface area contributed by atoms with Crippen molar-refractivity contribution in [3.05, 3.63) is 52.3 Å². The standard InChI is InChI=1S/C14H9BrN2O3/c1-20-8-4-5-10(15)11(7-8)17-13(18)9-3-2-6-16-12(9)14(17)19/h2-7H,1H3. The van der Waals surface area contributed by atoms with Crippen LogP contribution < -0.4 is 9.64 Å². The zero-order valence-electron chi connectivity index (χ0n) is 10.5. The number of halogens is 1. The Labute approximate surface area is 123 Å². The molecule has 0 bridgehead atoms. The molecule has 0 fully saturated rings. The molecule has 1 aromatic carbocycles. The van der Waals surface area contributed by atoms with Crippen LogP contribution in [0.1, 0.15) is 20.8 Å². The number of carbonyl (C=O) groups is 2. The lowest BCUT2D eigenvalue weighted by atomic mass is 10.2. The van der Waals surface area contributed by atoms with Crippen LogP contribution in [-0.4, -0.2) is 23.9 Å². The van der Waals surface area contributed by atoms with Crippen LogP contribution >= 0.6 is 15.9 Å². The van der Waals surface area contributed by atoms with Gasteiger partial charge >= 0.3 is 0 Å². The fraction of sp³-hybridized carbons (Fsp3) is 0.0714. The predicted molar refractivity (Wildman–Crippen MR) is 76.1 cm³/mol. The third-order valence-electron chi connectivity index (χ3n) is 3.04. The minimum absolute atomic E-state index is 0.173. The number of aromatic nitrogens is 1. The van der Waals surface area contributed by atoms with Crippen molar-refractivity contribution in [1.29, 1.82) is 0 Å². The maximum atomic E-state index is 12.4. The Morgan fingerprint density at radius 3 is 2.70 bits per heavy atom. The molecule has 0 saturated carbocycles. The summed E-state index contributed by atoms with van der Waals surface area (Å²) in [7, 11) is 1.52. The molecule has 0 N–H and O–H groups in total. The van der Waals surface area contributed by atoms with E-state index in [1.165, 1.54) is 13.3 Å². The van der Waals surface area contributed by atoms with Gasteiger partial charge in [-0.05, 0) is 40.2 Å². The average molecular weight is 333 g/mol. The van der Waals surface area contributed by atoms with Crippen LogP contribution in [-0.2, 0) is 0 Å². The van der Waals surface area contributed by atoms with Gasteiger partial charge in [0.05, 0.1) is 18.4 Å². The van der Waals surface area contributed by atoms with E-state index in [-0.39, 0.29) is 11.6 Å². The predicted octanol–water partition coefficient (Wildman–Crippen LogP) is 2.65. The van der Waals surface area contributed by atoms with Crippen LogP contribution in [0, 0.1) is 0 Å². The van der Waals surface area contributed by atoms with Crippen LogP contribution in [0.25, 0.3) is 0 Å². The Balaban J connectivity index is 2.14. The number of pyridine rings is 1. The number of carbonyl (C=O) groups excluding carboxylic acids is 2. The van der Waals surface area contributed by atoms with Crippen molar-refractivity contribution in [3.63, 3.8) is 0 Å². The first-order valence-electron chi connectivity index (χ1n) is 5.81. The fourth-order valence-corrected chi connectivity index (χ4v) is 2.50. The normalized spacial score (nSPS) is 13.6. The second-order valence-corrected chi connectivity index (χ2v) is 5.02. The van der Waals surface area contributed by atoms with E-state index in [1.807, 2.05) is 0 Å². The van der Waals surface area contributed by atoms with Gasteiger partial charge < -0.3 is 4.74 Å². The van der Waals surface area contributed by atoms with E-state index < -0.39 is 5.91 Å². The Morgan fingerprint density at radius 2 is 2.00 bits per heavy atom. The molecule has 0 spiro atoms. The minimum Gasteiger partial charge on any atom is -0.497 e. The lowest BCUT2D eigenvalue weighted by molar-refractivity contribution is 0.0924. The van der Waals surface area contributed by atoms with E-state index in [2.05, 4.69) is 20.9 Å². The highest BCUT2D eigenvalue weighted by Gasteiger charge is 2.38. The van der Waals surface area contributed by atoms with E-state index in [1.54, 1.807) is 30.3 Å². The van der Waals surface area contributed by atoms with Gasteiger partial charge in [-0.2, -0.15) is 0 Å². The molecule has 0 atom stereocenters. The van der Waals surface area contributed by atoms with Crippen LogP contribution in [0.5, 0.6) is 5.75 Å². The number of anilines is 1. The average Bonchev–Trinajstić information content (AvgIpc) is 2.72. The van der Waals surface area contributed by atoms with Crippen LogP contribution in [0.4, 0.5) is 5.69 Å². The second-order valence-electron chi connectivity index (χ2n) is 4.16. The number of hydrogen-bond acceptors (Lipinski definition) is 4. The van der Waals surface area contributed by atoms with E-state index >= 15 is 0 Å². The summed E-state index contributed by atoms with van der Waals surface area (Å²) in [6, 6.07) is 8.33.